The van der Waals surface area contributed by atoms with Crippen molar-refractivity contribution in [1.29, 1.82) is 0 Å². The maximum atomic E-state index is 5.38. The molecule has 2 heterocycles. The van der Waals surface area contributed by atoms with Crippen LogP contribution in [0.3, 0.4) is 0 Å². The summed E-state index contributed by atoms with van der Waals surface area (Å²) in [5.74, 6) is 0.930. The van der Waals surface area contributed by atoms with Gasteiger partial charge in [0.1, 0.15) is 5.75 Å². The second kappa shape index (κ2) is 9.38. The largest absolute Gasteiger partial charge is 0.497 e. The molecule has 2 aromatic rings. The SMILES string of the molecule is COc1cccc([C@H](c2cccs2)N2CCNCC2)c1.Cl.Cl. The highest BCUT2D eigenvalue weighted by molar-refractivity contribution is 7.10. The molecule has 1 aromatic heterocycles. The van der Waals surface area contributed by atoms with Gasteiger partial charge in [-0.1, -0.05) is 18.2 Å². The van der Waals surface area contributed by atoms with Crippen molar-refractivity contribution in [3.8, 4) is 5.75 Å². The van der Waals surface area contributed by atoms with E-state index in [-0.39, 0.29) is 24.8 Å². The van der Waals surface area contributed by atoms with Gasteiger partial charge in [-0.3, -0.25) is 4.90 Å². The van der Waals surface area contributed by atoms with Crippen molar-refractivity contribution in [2.24, 2.45) is 0 Å². The number of hydrogen-bond donors (Lipinski definition) is 1. The van der Waals surface area contributed by atoms with E-state index in [1.54, 1.807) is 7.11 Å². The Hall–Kier alpha value is -0.780. The second-order valence-electron chi connectivity index (χ2n) is 4.98. The van der Waals surface area contributed by atoms with Gasteiger partial charge < -0.3 is 10.1 Å². The van der Waals surface area contributed by atoms with Gasteiger partial charge in [-0.2, -0.15) is 0 Å². The highest BCUT2D eigenvalue weighted by atomic mass is 35.5. The van der Waals surface area contributed by atoms with E-state index in [0.717, 1.165) is 31.9 Å². The zero-order valence-corrected chi connectivity index (χ0v) is 15.0. The third-order valence-corrected chi connectivity index (χ3v) is 4.66. The number of methoxy groups -OCH3 is 1. The average molecular weight is 361 g/mol. The number of piperazine rings is 1. The minimum Gasteiger partial charge on any atom is -0.497 e. The molecule has 0 spiro atoms. The van der Waals surface area contributed by atoms with Crippen LogP contribution in [0.25, 0.3) is 0 Å². The number of benzene rings is 1. The minimum atomic E-state index is 0. The van der Waals surface area contributed by atoms with Gasteiger partial charge in [0.05, 0.1) is 13.2 Å². The number of rotatable bonds is 4. The van der Waals surface area contributed by atoms with Gasteiger partial charge >= 0.3 is 0 Å². The smallest absolute Gasteiger partial charge is 0.119 e. The molecule has 22 heavy (non-hydrogen) atoms. The van der Waals surface area contributed by atoms with Gasteiger partial charge in [-0.25, -0.2) is 0 Å². The van der Waals surface area contributed by atoms with Crippen LogP contribution in [0.5, 0.6) is 5.75 Å². The lowest BCUT2D eigenvalue weighted by Crippen LogP contribution is -2.45. The number of nitrogens with one attached hydrogen (secondary N) is 1. The van der Waals surface area contributed by atoms with Crippen LogP contribution >= 0.6 is 36.2 Å². The molecule has 1 N–H and O–H groups in total. The van der Waals surface area contributed by atoms with Gasteiger partial charge in [0, 0.05) is 31.1 Å². The summed E-state index contributed by atoms with van der Waals surface area (Å²) in [7, 11) is 1.73. The first-order valence-corrected chi connectivity index (χ1v) is 7.88. The van der Waals surface area contributed by atoms with Crippen LogP contribution in [0.2, 0.25) is 0 Å². The molecule has 1 saturated heterocycles. The summed E-state index contributed by atoms with van der Waals surface area (Å²) in [4.78, 5) is 3.96. The lowest BCUT2D eigenvalue weighted by Gasteiger charge is -2.34. The normalized spacial score (nSPS) is 16.2. The number of halogens is 2. The van der Waals surface area contributed by atoms with Crippen LogP contribution in [0.15, 0.2) is 41.8 Å². The van der Waals surface area contributed by atoms with E-state index in [9.17, 15) is 0 Å². The molecule has 1 aliphatic heterocycles. The average Bonchev–Trinajstić information content (AvgIpc) is 3.03. The molecular formula is C16H22Cl2N2OS. The van der Waals surface area contributed by atoms with Crippen molar-refractivity contribution in [3.63, 3.8) is 0 Å². The van der Waals surface area contributed by atoms with Crippen LogP contribution in [0, 0.1) is 0 Å². The van der Waals surface area contributed by atoms with Crippen molar-refractivity contribution in [3.05, 3.63) is 52.2 Å². The highest BCUT2D eigenvalue weighted by Crippen LogP contribution is 2.33. The Balaban J connectivity index is 0.00000121. The molecule has 0 unspecified atom stereocenters. The Bertz CT molecular complexity index is 545. The molecular weight excluding hydrogens is 339 g/mol. The van der Waals surface area contributed by atoms with E-state index >= 15 is 0 Å². The summed E-state index contributed by atoms with van der Waals surface area (Å²) in [6.07, 6.45) is 0. The minimum absolute atomic E-state index is 0. The Morgan fingerprint density at radius 2 is 1.91 bits per heavy atom. The standard InChI is InChI=1S/C16H20N2OS.2ClH/c1-19-14-5-2-4-13(12-14)16(15-6-3-11-20-15)18-9-7-17-8-10-18;;/h2-6,11-12,16-17H,7-10H2,1H3;2*1H/t16-;;/m1../s1. The van der Waals surface area contributed by atoms with E-state index < -0.39 is 0 Å². The molecule has 0 bridgehead atoms. The fraction of sp³-hybridized carbons (Fsp3) is 0.375. The number of thiophene rings is 1. The van der Waals surface area contributed by atoms with Crippen molar-refractivity contribution in [2.75, 3.05) is 33.3 Å². The Kier molecular flexibility index (Phi) is 8.21. The first-order valence-electron chi connectivity index (χ1n) is 7.00. The molecule has 6 heteroatoms. The van der Waals surface area contributed by atoms with Gasteiger partial charge in [0.2, 0.25) is 0 Å². The maximum absolute atomic E-state index is 5.38. The van der Waals surface area contributed by atoms with Crippen molar-refractivity contribution in [2.45, 2.75) is 6.04 Å². The summed E-state index contributed by atoms with van der Waals surface area (Å²) < 4.78 is 5.38. The van der Waals surface area contributed by atoms with E-state index in [1.165, 1.54) is 10.4 Å². The zero-order chi connectivity index (χ0) is 13.8. The monoisotopic (exact) mass is 360 g/mol. The molecule has 0 amide bonds. The van der Waals surface area contributed by atoms with Crippen LogP contribution in [0.1, 0.15) is 16.5 Å². The maximum Gasteiger partial charge on any atom is 0.119 e. The van der Waals surface area contributed by atoms with Crippen LogP contribution in [0.4, 0.5) is 0 Å². The summed E-state index contributed by atoms with van der Waals surface area (Å²) in [6, 6.07) is 13.2. The fourth-order valence-corrected chi connectivity index (χ4v) is 3.64. The van der Waals surface area contributed by atoms with Gasteiger partial charge in [0.25, 0.3) is 0 Å². The number of nitrogens with zero attached hydrogens (tertiary/aromatic N) is 1. The lowest BCUT2D eigenvalue weighted by molar-refractivity contribution is 0.200. The van der Waals surface area contributed by atoms with Crippen molar-refractivity contribution >= 4 is 36.2 Å². The summed E-state index contributed by atoms with van der Waals surface area (Å²) in [5, 5.41) is 5.58. The molecule has 1 atom stereocenters. The van der Waals surface area contributed by atoms with Gasteiger partial charge in [-0.05, 0) is 29.1 Å². The predicted octanol–water partition coefficient (Wildman–Crippen LogP) is 3.59. The number of hydrogen-bond acceptors (Lipinski definition) is 4. The van der Waals surface area contributed by atoms with Crippen LogP contribution in [-0.2, 0) is 0 Å². The summed E-state index contributed by atoms with van der Waals surface area (Å²) in [5.41, 5.74) is 1.31. The van der Waals surface area contributed by atoms with Crippen molar-refractivity contribution in [1.82, 2.24) is 10.2 Å². The molecule has 0 saturated carbocycles. The summed E-state index contributed by atoms with van der Waals surface area (Å²) in [6.45, 7) is 4.29. The Morgan fingerprint density at radius 1 is 1.14 bits per heavy atom. The molecule has 1 aliphatic rings. The Labute approximate surface area is 148 Å². The molecule has 122 valence electrons. The van der Waals surface area contributed by atoms with Gasteiger partial charge in [-0.15, -0.1) is 36.2 Å². The van der Waals surface area contributed by atoms with E-state index in [4.69, 9.17) is 4.74 Å². The highest BCUT2D eigenvalue weighted by Gasteiger charge is 2.24. The predicted molar refractivity (Wildman–Crippen MR) is 98.1 cm³/mol. The Morgan fingerprint density at radius 3 is 2.55 bits per heavy atom. The lowest BCUT2D eigenvalue weighted by atomic mass is 10.0. The molecule has 1 aromatic carbocycles. The van der Waals surface area contributed by atoms with Crippen molar-refractivity contribution < 1.29 is 4.74 Å². The molecule has 1 fully saturated rings. The fourth-order valence-electron chi connectivity index (χ4n) is 2.75. The number of ether oxygens (including phenoxy) is 1. The van der Waals surface area contributed by atoms with Crippen LogP contribution in [-0.4, -0.2) is 38.2 Å². The molecule has 3 nitrogen and oxygen atoms in total. The zero-order valence-electron chi connectivity index (χ0n) is 12.5. The quantitative estimate of drug-likeness (QED) is 0.901. The van der Waals surface area contributed by atoms with E-state index in [0.29, 0.717) is 6.04 Å². The first kappa shape index (κ1) is 19.3. The third-order valence-electron chi connectivity index (χ3n) is 3.74. The van der Waals surface area contributed by atoms with Crippen LogP contribution < -0.4 is 10.1 Å². The molecule has 0 radical (unpaired) electrons. The molecule has 0 aliphatic carbocycles. The molecule has 3 rings (SSSR count). The third kappa shape index (κ3) is 4.37. The second-order valence-corrected chi connectivity index (χ2v) is 5.96. The summed E-state index contributed by atoms with van der Waals surface area (Å²) >= 11 is 1.83. The topological polar surface area (TPSA) is 24.5 Å². The van der Waals surface area contributed by atoms with E-state index in [2.05, 4.69) is 45.9 Å². The van der Waals surface area contributed by atoms with Gasteiger partial charge in [0.15, 0.2) is 0 Å². The van der Waals surface area contributed by atoms with E-state index in [1.807, 2.05) is 17.4 Å². The first-order chi connectivity index (χ1) is 9.88.